The second-order valence-corrected chi connectivity index (χ2v) is 3.61. The third-order valence-corrected chi connectivity index (χ3v) is 2.18. The minimum atomic E-state index is -0.263. The second-order valence-electron chi connectivity index (χ2n) is 3.61. The summed E-state index contributed by atoms with van der Waals surface area (Å²) in [6.45, 7) is 5.39. The number of amides is 2. The van der Waals surface area contributed by atoms with Crippen LogP contribution >= 0.6 is 0 Å². The van der Waals surface area contributed by atoms with E-state index in [1.807, 2.05) is 0 Å². The van der Waals surface area contributed by atoms with Gasteiger partial charge < -0.3 is 5.32 Å². The molecule has 1 aliphatic rings. The smallest absolute Gasteiger partial charge is 0.252 e. The summed E-state index contributed by atoms with van der Waals surface area (Å²) in [7, 11) is 0. The maximum atomic E-state index is 11.3. The fraction of sp³-hybridized carbons (Fsp3) is 0.778. The van der Waals surface area contributed by atoms with Gasteiger partial charge >= 0.3 is 0 Å². The largest absolute Gasteiger partial charge is 0.315 e. The topological polar surface area (TPSA) is 73.5 Å². The van der Waals surface area contributed by atoms with E-state index in [0.717, 1.165) is 32.6 Å². The number of nitrogens with zero attached hydrogens (tertiary/aromatic N) is 1. The average molecular weight is 214 g/mol. The van der Waals surface area contributed by atoms with Gasteiger partial charge in [0.1, 0.15) is 0 Å². The molecule has 2 amide bonds. The first-order valence-electron chi connectivity index (χ1n) is 5.17. The zero-order valence-corrected chi connectivity index (χ0v) is 9.01. The second kappa shape index (κ2) is 6.36. The zero-order chi connectivity index (χ0) is 11.1. The molecule has 1 saturated heterocycles. The van der Waals surface area contributed by atoms with Crippen LogP contribution in [0.2, 0.25) is 0 Å². The summed E-state index contributed by atoms with van der Waals surface area (Å²) < 4.78 is 0. The Hall–Kier alpha value is -1.14. The quantitative estimate of drug-likeness (QED) is 0.487. The molecule has 1 aliphatic heterocycles. The summed E-state index contributed by atoms with van der Waals surface area (Å²) in [6, 6.07) is 0. The molecule has 0 bridgehead atoms. The lowest BCUT2D eigenvalue weighted by Gasteiger charge is -2.18. The molecule has 0 aromatic heterocycles. The molecule has 86 valence electrons. The maximum Gasteiger partial charge on any atom is 0.252 e. The predicted octanol–water partition coefficient (Wildman–Crippen LogP) is -1.55. The Balaban J connectivity index is 2.20. The van der Waals surface area contributed by atoms with E-state index in [-0.39, 0.29) is 11.8 Å². The highest BCUT2D eigenvalue weighted by Gasteiger charge is 2.12. The van der Waals surface area contributed by atoms with Crippen LogP contribution in [0.25, 0.3) is 0 Å². The molecule has 6 nitrogen and oxygen atoms in total. The van der Waals surface area contributed by atoms with Gasteiger partial charge in [-0.2, -0.15) is 0 Å². The Bertz CT molecular complexity index is 224. The number of hydrogen-bond acceptors (Lipinski definition) is 4. The Morgan fingerprint density at radius 2 is 2.07 bits per heavy atom. The molecule has 0 radical (unpaired) electrons. The fourth-order valence-corrected chi connectivity index (χ4v) is 1.46. The van der Waals surface area contributed by atoms with Gasteiger partial charge in [0.25, 0.3) is 5.91 Å². The Morgan fingerprint density at radius 3 is 2.80 bits per heavy atom. The monoisotopic (exact) mass is 214 g/mol. The molecular weight excluding hydrogens is 196 g/mol. The van der Waals surface area contributed by atoms with Gasteiger partial charge in [0, 0.05) is 20.0 Å². The maximum absolute atomic E-state index is 11.3. The summed E-state index contributed by atoms with van der Waals surface area (Å²) in [4.78, 5) is 24.0. The van der Waals surface area contributed by atoms with Crippen LogP contribution in [0, 0.1) is 0 Å². The minimum absolute atomic E-state index is 0.174. The highest BCUT2D eigenvalue weighted by molar-refractivity contribution is 5.81. The van der Waals surface area contributed by atoms with Gasteiger partial charge in [0.15, 0.2) is 0 Å². The van der Waals surface area contributed by atoms with E-state index in [1.165, 1.54) is 6.92 Å². The average Bonchev–Trinajstić information content (AvgIpc) is 2.43. The van der Waals surface area contributed by atoms with Crippen molar-refractivity contribution in [1.29, 1.82) is 0 Å². The molecule has 1 rings (SSSR count). The van der Waals surface area contributed by atoms with Crippen molar-refractivity contribution in [1.82, 2.24) is 21.1 Å². The summed E-state index contributed by atoms with van der Waals surface area (Å²) >= 11 is 0. The summed E-state index contributed by atoms with van der Waals surface area (Å²) in [5.74, 6) is -0.437. The molecular formula is C9H18N4O2. The first-order chi connectivity index (χ1) is 7.18. The van der Waals surface area contributed by atoms with Crippen molar-refractivity contribution in [3.8, 4) is 0 Å². The first-order valence-corrected chi connectivity index (χ1v) is 5.17. The molecule has 6 heteroatoms. The Labute approximate surface area is 89.4 Å². The van der Waals surface area contributed by atoms with Gasteiger partial charge in [-0.05, 0) is 19.5 Å². The number of hydrogen-bond donors (Lipinski definition) is 3. The van der Waals surface area contributed by atoms with Crippen LogP contribution in [0.4, 0.5) is 0 Å². The number of carbonyl (C=O) groups excluding carboxylic acids is 2. The van der Waals surface area contributed by atoms with Crippen LogP contribution in [0.15, 0.2) is 0 Å². The van der Waals surface area contributed by atoms with Gasteiger partial charge in [-0.1, -0.05) is 0 Å². The van der Waals surface area contributed by atoms with Crippen LogP contribution in [0.5, 0.6) is 0 Å². The molecule has 0 unspecified atom stereocenters. The summed E-state index contributed by atoms with van der Waals surface area (Å²) in [5.41, 5.74) is 4.62. The van der Waals surface area contributed by atoms with Crippen molar-refractivity contribution in [2.75, 3.05) is 32.7 Å². The highest BCUT2D eigenvalue weighted by Crippen LogP contribution is 1.93. The molecule has 0 spiro atoms. The highest BCUT2D eigenvalue weighted by atomic mass is 16.2. The van der Waals surface area contributed by atoms with E-state index in [1.54, 1.807) is 0 Å². The van der Waals surface area contributed by atoms with Crippen LogP contribution in [-0.4, -0.2) is 49.4 Å². The van der Waals surface area contributed by atoms with Crippen molar-refractivity contribution >= 4 is 11.8 Å². The SMILES string of the molecule is CC(=O)NNC(=O)CN1CCCNCC1. The predicted molar refractivity (Wildman–Crippen MR) is 55.9 cm³/mol. The molecule has 0 atom stereocenters. The van der Waals surface area contributed by atoms with Gasteiger partial charge in [0.2, 0.25) is 5.91 Å². The molecule has 1 fully saturated rings. The van der Waals surface area contributed by atoms with Crippen LogP contribution in [0.3, 0.4) is 0 Å². The molecule has 0 aliphatic carbocycles. The standard InChI is InChI=1S/C9H18N4O2/c1-8(14)11-12-9(15)7-13-5-2-3-10-4-6-13/h10H,2-7H2,1H3,(H,11,14)(H,12,15). The van der Waals surface area contributed by atoms with E-state index >= 15 is 0 Å². The number of rotatable bonds is 2. The summed E-state index contributed by atoms with van der Waals surface area (Å²) in [5, 5.41) is 3.26. The molecule has 3 N–H and O–H groups in total. The lowest BCUT2D eigenvalue weighted by atomic mass is 10.4. The van der Waals surface area contributed by atoms with Crippen LogP contribution < -0.4 is 16.2 Å². The fourth-order valence-electron chi connectivity index (χ4n) is 1.46. The summed E-state index contributed by atoms with van der Waals surface area (Å²) in [6.07, 6.45) is 1.05. The number of carbonyl (C=O) groups is 2. The number of hydrazine groups is 1. The normalized spacial score (nSPS) is 17.9. The van der Waals surface area contributed by atoms with Crippen molar-refractivity contribution in [3.63, 3.8) is 0 Å². The van der Waals surface area contributed by atoms with Gasteiger partial charge in [0.05, 0.1) is 6.54 Å². The molecule has 0 saturated carbocycles. The van der Waals surface area contributed by atoms with E-state index in [4.69, 9.17) is 0 Å². The van der Waals surface area contributed by atoms with Gasteiger partial charge in [-0.3, -0.25) is 25.3 Å². The van der Waals surface area contributed by atoms with Crippen molar-refractivity contribution in [3.05, 3.63) is 0 Å². The Kier molecular flexibility index (Phi) is 5.06. The molecule has 0 aromatic carbocycles. The van der Waals surface area contributed by atoms with Gasteiger partial charge in [-0.15, -0.1) is 0 Å². The van der Waals surface area contributed by atoms with Crippen molar-refractivity contribution in [2.45, 2.75) is 13.3 Å². The lowest BCUT2D eigenvalue weighted by molar-refractivity contribution is -0.128. The van der Waals surface area contributed by atoms with E-state index in [9.17, 15) is 9.59 Å². The lowest BCUT2D eigenvalue weighted by Crippen LogP contribution is -2.46. The van der Waals surface area contributed by atoms with Crippen LogP contribution in [0.1, 0.15) is 13.3 Å². The Morgan fingerprint density at radius 1 is 1.27 bits per heavy atom. The third kappa shape index (κ3) is 5.34. The first kappa shape index (κ1) is 11.9. The van der Waals surface area contributed by atoms with E-state index < -0.39 is 0 Å². The van der Waals surface area contributed by atoms with E-state index in [2.05, 4.69) is 21.1 Å². The minimum Gasteiger partial charge on any atom is -0.315 e. The van der Waals surface area contributed by atoms with Crippen LogP contribution in [-0.2, 0) is 9.59 Å². The molecule has 15 heavy (non-hydrogen) atoms. The van der Waals surface area contributed by atoms with Crippen molar-refractivity contribution in [2.24, 2.45) is 0 Å². The third-order valence-electron chi connectivity index (χ3n) is 2.18. The zero-order valence-electron chi connectivity index (χ0n) is 9.01. The van der Waals surface area contributed by atoms with Crippen molar-refractivity contribution < 1.29 is 9.59 Å². The number of nitrogens with one attached hydrogen (secondary N) is 3. The van der Waals surface area contributed by atoms with Gasteiger partial charge in [-0.25, -0.2) is 0 Å². The molecule has 1 heterocycles. The van der Waals surface area contributed by atoms with E-state index in [0.29, 0.717) is 6.54 Å². The molecule has 0 aromatic rings.